The first kappa shape index (κ1) is 32.4. The number of hydrogen-bond donors (Lipinski definition) is 1. The van der Waals surface area contributed by atoms with E-state index in [1.54, 1.807) is 64.2 Å². The van der Waals surface area contributed by atoms with Gasteiger partial charge >= 0.3 is 18.2 Å². The number of carbonyl (C=O) groups is 3. The largest absolute Gasteiger partial charge is 0.464 e. The average Bonchev–Trinajstić information content (AvgIpc) is 3.43. The monoisotopic (exact) mass is 577 g/mol. The van der Waals surface area contributed by atoms with Gasteiger partial charge in [-0.1, -0.05) is 63.3 Å². The molecular formula is C33H43N3O6. The summed E-state index contributed by atoms with van der Waals surface area (Å²) in [6, 6.07) is 14.3. The van der Waals surface area contributed by atoms with E-state index < -0.39 is 29.7 Å². The maximum Gasteiger partial charge on any atom is 0.417 e. The maximum atomic E-state index is 12.8. The van der Waals surface area contributed by atoms with Gasteiger partial charge in [0.15, 0.2) is 0 Å². The topological polar surface area (TPSA) is 111 Å². The molecule has 3 rings (SSSR count). The Balaban J connectivity index is 1.68. The summed E-state index contributed by atoms with van der Waals surface area (Å²) in [5.74, 6) is -0.446. The molecule has 9 heteroatoms. The number of rotatable bonds is 13. The molecule has 1 heterocycles. The van der Waals surface area contributed by atoms with E-state index in [9.17, 15) is 19.5 Å². The van der Waals surface area contributed by atoms with Crippen LogP contribution in [0.5, 0.6) is 5.75 Å². The van der Waals surface area contributed by atoms with Crippen LogP contribution < -0.4 is 4.74 Å². The van der Waals surface area contributed by atoms with E-state index in [0.29, 0.717) is 16.9 Å². The molecule has 1 N–H and O–H groups in total. The van der Waals surface area contributed by atoms with Gasteiger partial charge in [0.25, 0.3) is 0 Å². The summed E-state index contributed by atoms with van der Waals surface area (Å²) in [7, 11) is 1.59. The van der Waals surface area contributed by atoms with Crippen molar-refractivity contribution in [2.24, 2.45) is 0 Å². The molecule has 0 aliphatic carbocycles. The van der Waals surface area contributed by atoms with Crippen molar-refractivity contribution in [3.63, 3.8) is 0 Å². The SMILES string of the molecule is CCCCCCCCc1ccc(C(=O)Oc2ccc(C(CN(C)C(=O)OC(C)(C)C)c3nccn3C(=O)O)cc2)cc1. The minimum absolute atomic E-state index is 0.115. The molecule has 9 nitrogen and oxygen atoms in total. The smallest absolute Gasteiger partial charge is 0.417 e. The summed E-state index contributed by atoms with van der Waals surface area (Å²) in [5.41, 5.74) is 1.68. The third-order valence-electron chi connectivity index (χ3n) is 6.85. The van der Waals surface area contributed by atoms with Gasteiger partial charge in [-0.2, -0.15) is 0 Å². The third-order valence-corrected chi connectivity index (χ3v) is 6.85. The number of aromatic nitrogens is 2. The Kier molecular flexibility index (Phi) is 11.7. The molecule has 1 amide bonds. The number of imidazole rings is 1. The van der Waals surface area contributed by atoms with Crippen LogP contribution in [0.3, 0.4) is 0 Å². The van der Waals surface area contributed by atoms with Crippen LogP contribution in [0.15, 0.2) is 60.9 Å². The number of likely N-dealkylation sites (N-methyl/N-ethyl adjacent to an activating group) is 1. The highest BCUT2D eigenvalue weighted by Crippen LogP contribution is 2.27. The van der Waals surface area contributed by atoms with Gasteiger partial charge in [-0.25, -0.2) is 23.9 Å². The summed E-state index contributed by atoms with van der Waals surface area (Å²) in [4.78, 5) is 42.9. The van der Waals surface area contributed by atoms with E-state index in [-0.39, 0.29) is 12.4 Å². The van der Waals surface area contributed by atoms with Crippen molar-refractivity contribution in [2.75, 3.05) is 13.6 Å². The van der Waals surface area contributed by atoms with Crippen LogP contribution in [-0.2, 0) is 11.2 Å². The minimum atomic E-state index is -1.18. The average molecular weight is 578 g/mol. The highest BCUT2D eigenvalue weighted by atomic mass is 16.6. The molecule has 226 valence electrons. The van der Waals surface area contributed by atoms with Crippen LogP contribution in [0.1, 0.15) is 99.4 Å². The summed E-state index contributed by atoms with van der Waals surface area (Å²) in [5, 5.41) is 9.66. The van der Waals surface area contributed by atoms with E-state index >= 15 is 0 Å². The first-order valence-electron chi connectivity index (χ1n) is 14.6. The highest BCUT2D eigenvalue weighted by molar-refractivity contribution is 5.91. The second kappa shape index (κ2) is 15.2. The van der Waals surface area contributed by atoms with Crippen molar-refractivity contribution in [2.45, 2.75) is 84.2 Å². The molecule has 1 atom stereocenters. The van der Waals surface area contributed by atoms with Crippen LogP contribution in [-0.4, -0.2) is 56.9 Å². The summed E-state index contributed by atoms with van der Waals surface area (Å²) < 4.78 is 12.1. The first-order chi connectivity index (χ1) is 20.0. The summed E-state index contributed by atoms with van der Waals surface area (Å²) in [6.07, 6.45) is 9.48. The van der Waals surface area contributed by atoms with Crippen LogP contribution in [0, 0.1) is 0 Å². The lowest BCUT2D eigenvalue weighted by molar-refractivity contribution is 0.0292. The number of hydrogen-bond acceptors (Lipinski definition) is 6. The Hall–Kier alpha value is -4.14. The van der Waals surface area contributed by atoms with Gasteiger partial charge in [-0.3, -0.25) is 0 Å². The normalized spacial score (nSPS) is 12.0. The second-order valence-electron chi connectivity index (χ2n) is 11.5. The Morgan fingerprint density at radius 3 is 2.21 bits per heavy atom. The van der Waals surface area contributed by atoms with Crippen LogP contribution in [0.25, 0.3) is 0 Å². The number of carbonyl (C=O) groups excluding carboxylic acids is 2. The predicted octanol–water partition coefficient (Wildman–Crippen LogP) is 7.53. The van der Waals surface area contributed by atoms with Crippen molar-refractivity contribution >= 4 is 18.2 Å². The zero-order chi connectivity index (χ0) is 30.7. The van der Waals surface area contributed by atoms with Gasteiger partial charge < -0.3 is 19.5 Å². The van der Waals surface area contributed by atoms with Crippen molar-refractivity contribution in [1.29, 1.82) is 0 Å². The molecule has 3 aromatic rings. The highest BCUT2D eigenvalue weighted by Gasteiger charge is 2.27. The second-order valence-corrected chi connectivity index (χ2v) is 11.5. The van der Waals surface area contributed by atoms with Crippen molar-refractivity contribution in [3.8, 4) is 5.75 Å². The molecule has 0 saturated carbocycles. The molecule has 0 spiro atoms. The standard InChI is InChI=1S/C33H43N3O6/c1-6-7-8-9-10-11-12-24-13-15-26(16-14-24)30(37)41-27-19-17-25(18-20-27)28(29-34-21-22-36(29)31(38)39)23-35(5)32(40)42-33(2,3)4/h13-22,28H,6-12,23H2,1-5H3,(H,38,39). The van der Waals surface area contributed by atoms with Crippen molar-refractivity contribution in [3.05, 3.63) is 83.4 Å². The molecule has 0 aliphatic heterocycles. The molecule has 0 aliphatic rings. The number of carboxylic acid groups (broad SMARTS) is 1. The van der Waals surface area contributed by atoms with Crippen LogP contribution in [0.4, 0.5) is 9.59 Å². The van der Waals surface area contributed by atoms with E-state index in [1.807, 2.05) is 12.1 Å². The molecule has 0 fully saturated rings. The fraction of sp³-hybridized carbons (Fsp3) is 0.455. The van der Waals surface area contributed by atoms with Gasteiger partial charge in [0.1, 0.15) is 17.2 Å². The summed E-state index contributed by atoms with van der Waals surface area (Å²) >= 11 is 0. The number of nitrogens with zero attached hydrogens (tertiary/aromatic N) is 3. The lowest BCUT2D eigenvalue weighted by Crippen LogP contribution is -2.37. The molecule has 0 radical (unpaired) electrons. The third kappa shape index (κ3) is 9.75. The molecule has 1 unspecified atom stereocenters. The summed E-state index contributed by atoms with van der Waals surface area (Å²) in [6.45, 7) is 7.66. The molecule has 0 bridgehead atoms. The number of benzene rings is 2. The Morgan fingerprint density at radius 2 is 1.60 bits per heavy atom. The Morgan fingerprint density at radius 1 is 0.952 bits per heavy atom. The fourth-order valence-electron chi connectivity index (χ4n) is 4.61. The lowest BCUT2D eigenvalue weighted by atomic mass is 9.97. The van der Waals surface area contributed by atoms with E-state index in [0.717, 1.165) is 17.4 Å². The molecular weight excluding hydrogens is 534 g/mol. The lowest BCUT2D eigenvalue weighted by Gasteiger charge is -2.27. The van der Waals surface area contributed by atoms with E-state index in [4.69, 9.17) is 9.47 Å². The Bertz CT molecular complexity index is 1310. The zero-order valence-electron chi connectivity index (χ0n) is 25.3. The fourth-order valence-corrected chi connectivity index (χ4v) is 4.61. The minimum Gasteiger partial charge on any atom is -0.464 e. The number of unbranched alkanes of at least 4 members (excludes halogenated alkanes) is 5. The van der Waals surface area contributed by atoms with Crippen molar-refractivity contribution in [1.82, 2.24) is 14.5 Å². The van der Waals surface area contributed by atoms with Crippen molar-refractivity contribution < 1.29 is 29.0 Å². The first-order valence-corrected chi connectivity index (χ1v) is 14.6. The zero-order valence-corrected chi connectivity index (χ0v) is 25.3. The van der Waals surface area contributed by atoms with Gasteiger partial charge in [0, 0.05) is 26.0 Å². The van der Waals surface area contributed by atoms with Gasteiger partial charge in [-0.05, 0) is 69.0 Å². The van der Waals surface area contributed by atoms with Gasteiger partial charge in [0.05, 0.1) is 11.5 Å². The number of amides is 1. The predicted molar refractivity (Wildman–Crippen MR) is 161 cm³/mol. The molecule has 0 saturated heterocycles. The Labute approximate surface area is 248 Å². The van der Waals surface area contributed by atoms with Crippen LogP contribution >= 0.6 is 0 Å². The van der Waals surface area contributed by atoms with Gasteiger partial charge in [-0.15, -0.1) is 0 Å². The number of aryl methyl sites for hydroxylation is 1. The molecule has 2 aromatic carbocycles. The number of ether oxygens (including phenoxy) is 2. The maximum absolute atomic E-state index is 12.8. The molecule has 42 heavy (non-hydrogen) atoms. The van der Waals surface area contributed by atoms with E-state index in [1.165, 1.54) is 55.0 Å². The number of esters is 1. The van der Waals surface area contributed by atoms with E-state index in [2.05, 4.69) is 11.9 Å². The van der Waals surface area contributed by atoms with Crippen LogP contribution in [0.2, 0.25) is 0 Å². The molecule has 1 aromatic heterocycles. The quantitative estimate of drug-likeness (QED) is 0.127. The van der Waals surface area contributed by atoms with Gasteiger partial charge in [0.2, 0.25) is 0 Å².